The van der Waals surface area contributed by atoms with E-state index in [1.54, 1.807) is 0 Å². The molecule has 0 saturated heterocycles. The highest BCUT2D eigenvalue weighted by molar-refractivity contribution is 5.48. The smallest absolute Gasteiger partial charge is 0.119 e. The van der Waals surface area contributed by atoms with Crippen LogP contribution < -0.4 is 0 Å². The van der Waals surface area contributed by atoms with Gasteiger partial charge in [0.25, 0.3) is 0 Å². The summed E-state index contributed by atoms with van der Waals surface area (Å²) in [5.41, 5.74) is 0. The van der Waals surface area contributed by atoms with E-state index >= 15 is 0 Å². The third-order valence-corrected chi connectivity index (χ3v) is 2.37. The monoisotopic (exact) mass is 208 g/mol. The van der Waals surface area contributed by atoms with Crippen molar-refractivity contribution in [1.29, 1.82) is 0 Å². The first-order valence-electron chi connectivity index (χ1n) is 6.11. The Morgan fingerprint density at radius 1 is 0.800 bits per heavy atom. The van der Waals surface area contributed by atoms with Crippen molar-refractivity contribution >= 4 is 6.29 Å². The van der Waals surface area contributed by atoms with Gasteiger partial charge in [0.15, 0.2) is 0 Å². The topological polar surface area (TPSA) is 17.1 Å². The molecule has 1 nitrogen and oxygen atoms in total. The molecule has 0 saturated carbocycles. The molecule has 0 heterocycles. The van der Waals surface area contributed by atoms with Gasteiger partial charge < -0.3 is 4.79 Å². The van der Waals surface area contributed by atoms with E-state index in [1.165, 1.54) is 32.1 Å². The van der Waals surface area contributed by atoms with Gasteiger partial charge in [-0.3, -0.25) is 0 Å². The normalized spacial score (nSPS) is 11.5. The molecule has 0 bridgehead atoms. The fourth-order valence-electron chi connectivity index (χ4n) is 1.45. The average Bonchev–Trinajstić information content (AvgIpc) is 2.26. The summed E-state index contributed by atoms with van der Waals surface area (Å²) in [5, 5.41) is 0. The molecule has 0 aromatic heterocycles. The molecule has 0 aliphatic heterocycles. The van der Waals surface area contributed by atoms with Gasteiger partial charge in [0.1, 0.15) is 6.29 Å². The van der Waals surface area contributed by atoms with Crippen molar-refractivity contribution in [2.75, 3.05) is 0 Å². The summed E-state index contributed by atoms with van der Waals surface area (Å²) >= 11 is 0. The molecule has 0 aromatic rings. The maximum Gasteiger partial charge on any atom is 0.119 e. The fraction of sp³-hybridized carbons (Fsp3) is 0.643. The molecule has 15 heavy (non-hydrogen) atoms. The third kappa shape index (κ3) is 13.2. The minimum Gasteiger partial charge on any atom is -0.303 e. The number of carbonyl (C=O) groups excluding carboxylic acids is 1. The lowest BCUT2D eigenvalue weighted by molar-refractivity contribution is -0.107. The van der Waals surface area contributed by atoms with Crippen LogP contribution in [0, 0.1) is 0 Å². The lowest BCUT2D eigenvalue weighted by Gasteiger charge is -1.97. The van der Waals surface area contributed by atoms with Gasteiger partial charge in [-0.15, -0.1) is 0 Å². The van der Waals surface area contributed by atoms with Crippen molar-refractivity contribution in [3.63, 3.8) is 0 Å². The second-order valence-electron chi connectivity index (χ2n) is 3.79. The van der Waals surface area contributed by atoms with E-state index in [9.17, 15) is 4.79 Å². The highest BCUT2D eigenvalue weighted by Gasteiger charge is 1.88. The molecule has 0 unspecified atom stereocenters. The molecule has 0 aromatic carbocycles. The molecule has 0 rings (SSSR count). The predicted octanol–water partition coefficient (Wildman–Crippen LogP) is 4.44. The van der Waals surface area contributed by atoms with Crippen LogP contribution in [-0.2, 0) is 4.79 Å². The van der Waals surface area contributed by atoms with Crippen LogP contribution in [0.2, 0.25) is 0 Å². The lowest BCUT2D eigenvalue weighted by Crippen LogP contribution is -1.80. The van der Waals surface area contributed by atoms with Crippen LogP contribution >= 0.6 is 0 Å². The molecule has 0 N–H and O–H groups in total. The summed E-state index contributed by atoms with van der Waals surface area (Å²) in [7, 11) is 0. The molecule has 0 aliphatic carbocycles. The van der Waals surface area contributed by atoms with Gasteiger partial charge in [-0.25, -0.2) is 0 Å². The first-order chi connectivity index (χ1) is 7.41. The van der Waals surface area contributed by atoms with E-state index in [0.29, 0.717) is 0 Å². The van der Waals surface area contributed by atoms with Gasteiger partial charge in [-0.1, -0.05) is 43.6 Å². The van der Waals surface area contributed by atoms with E-state index < -0.39 is 0 Å². The van der Waals surface area contributed by atoms with E-state index in [2.05, 4.69) is 24.3 Å². The first kappa shape index (κ1) is 14.2. The van der Waals surface area contributed by atoms with Crippen LogP contribution in [-0.4, -0.2) is 6.29 Å². The number of allylic oxidation sites excluding steroid dienone is 4. The van der Waals surface area contributed by atoms with Crippen LogP contribution in [0.4, 0.5) is 0 Å². The Balaban J connectivity index is 3.04. The van der Waals surface area contributed by atoms with Gasteiger partial charge in [0.05, 0.1) is 0 Å². The molecule has 86 valence electrons. The Morgan fingerprint density at radius 3 is 2.13 bits per heavy atom. The zero-order chi connectivity index (χ0) is 11.2. The molecule has 0 atom stereocenters. The SMILES string of the molecule is CC=CCC=CCCCCCCCC=O. The molecular weight excluding hydrogens is 184 g/mol. The molecule has 0 fully saturated rings. The summed E-state index contributed by atoms with van der Waals surface area (Å²) in [6.07, 6.45) is 18.9. The van der Waals surface area contributed by atoms with E-state index in [1.807, 2.05) is 6.92 Å². The molecule has 1 heteroatoms. The van der Waals surface area contributed by atoms with Crippen LogP contribution in [0.3, 0.4) is 0 Å². The minimum absolute atomic E-state index is 0.739. The van der Waals surface area contributed by atoms with Crippen molar-refractivity contribution in [3.05, 3.63) is 24.3 Å². The quantitative estimate of drug-likeness (QED) is 0.295. The number of carbonyl (C=O) groups is 1. The molecule has 0 aliphatic rings. The maximum atomic E-state index is 10.1. The van der Waals surface area contributed by atoms with Gasteiger partial charge in [0, 0.05) is 6.42 Å². The number of unbranched alkanes of at least 4 members (excludes halogenated alkanes) is 6. The van der Waals surface area contributed by atoms with Crippen molar-refractivity contribution < 1.29 is 4.79 Å². The second kappa shape index (κ2) is 13.2. The van der Waals surface area contributed by atoms with Crippen molar-refractivity contribution in [2.45, 2.75) is 58.3 Å². The highest BCUT2D eigenvalue weighted by atomic mass is 16.1. The van der Waals surface area contributed by atoms with Crippen LogP contribution in [0.5, 0.6) is 0 Å². The highest BCUT2D eigenvalue weighted by Crippen LogP contribution is 2.06. The zero-order valence-electron chi connectivity index (χ0n) is 9.95. The van der Waals surface area contributed by atoms with Gasteiger partial charge in [-0.2, -0.15) is 0 Å². The Labute approximate surface area is 94.3 Å². The van der Waals surface area contributed by atoms with Crippen LogP contribution in [0.1, 0.15) is 58.3 Å². The summed E-state index contributed by atoms with van der Waals surface area (Å²) in [6, 6.07) is 0. The standard InChI is InChI=1S/C14H24O/c1-2-3-4-5-6-7-8-9-10-11-12-13-14-15/h2-3,5-6,14H,4,7-13H2,1H3. The maximum absolute atomic E-state index is 10.1. The number of rotatable bonds is 10. The molecule has 0 amide bonds. The second-order valence-corrected chi connectivity index (χ2v) is 3.79. The Morgan fingerprint density at radius 2 is 1.47 bits per heavy atom. The van der Waals surface area contributed by atoms with Gasteiger partial charge in [0.2, 0.25) is 0 Å². The predicted molar refractivity (Wildman–Crippen MR) is 67.0 cm³/mol. The summed E-state index contributed by atoms with van der Waals surface area (Å²) in [5.74, 6) is 0. The van der Waals surface area contributed by atoms with Crippen LogP contribution in [0.15, 0.2) is 24.3 Å². The van der Waals surface area contributed by atoms with E-state index in [0.717, 1.165) is 25.5 Å². The van der Waals surface area contributed by atoms with Crippen LogP contribution in [0.25, 0.3) is 0 Å². The Bertz CT molecular complexity index is 180. The zero-order valence-corrected chi connectivity index (χ0v) is 9.95. The van der Waals surface area contributed by atoms with Crippen molar-refractivity contribution in [2.24, 2.45) is 0 Å². The fourth-order valence-corrected chi connectivity index (χ4v) is 1.45. The number of hydrogen-bond donors (Lipinski definition) is 0. The third-order valence-electron chi connectivity index (χ3n) is 2.37. The summed E-state index contributed by atoms with van der Waals surface area (Å²) in [6.45, 7) is 2.05. The average molecular weight is 208 g/mol. The van der Waals surface area contributed by atoms with Crippen molar-refractivity contribution in [1.82, 2.24) is 0 Å². The van der Waals surface area contributed by atoms with Gasteiger partial charge in [-0.05, 0) is 32.6 Å². The van der Waals surface area contributed by atoms with Gasteiger partial charge >= 0.3 is 0 Å². The Hall–Kier alpha value is -0.850. The lowest BCUT2D eigenvalue weighted by atomic mass is 10.1. The molecule has 0 radical (unpaired) electrons. The number of aldehydes is 1. The first-order valence-corrected chi connectivity index (χ1v) is 6.11. The number of hydrogen-bond acceptors (Lipinski definition) is 1. The minimum atomic E-state index is 0.739. The van der Waals surface area contributed by atoms with Crippen molar-refractivity contribution in [3.8, 4) is 0 Å². The summed E-state index contributed by atoms with van der Waals surface area (Å²) < 4.78 is 0. The molecule has 0 spiro atoms. The molecular formula is C14H24O. The summed E-state index contributed by atoms with van der Waals surface area (Å²) in [4.78, 5) is 10.1. The Kier molecular flexibility index (Phi) is 12.4. The van der Waals surface area contributed by atoms with E-state index in [-0.39, 0.29) is 0 Å². The van der Waals surface area contributed by atoms with E-state index in [4.69, 9.17) is 0 Å². The largest absolute Gasteiger partial charge is 0.303 e.